The van der Waals surface area contributed by atoms with Crippen LogP contribution < -0.4 is 56.8 Å². The summed E-state index contributed by atoms with van der Waals surface area (Å²) in [5, 5.41) is 66.1. The Hall–Kier alpha value is -7.56. The number of fused-ring (bicyclic) bond motifs is 18. The first-order valence-corrected chi connectivity index (χ1v) is 47.5. The largest absolute Gasteiger partial charge is 0.493 e. The number of aliphatic hydroxyl groups is 6. The molecule has 12 heterocycles. The van der Waals surface area contributed by atoms with Gasteiger partial charge in [0.15, 0.2) is 69.0 Å². The lowest BCUT2D eigenvalue weighted by Gasteiger charge is -2.47. The molecule has 0 spiro atoms. The van der Waals surface area contributed by atoms with Crippen LogP contribution in [0, 0.1) is 70.0 Å². The monoisotopic (exact) mass is 2000 g/mol. The van der Waals surface area contributed by atoms with Crippen LogP contribution in [-0.2, 0) is 38.4 Å². The number of ether oxygens (including phenoxy) is 12. The van der Waals surface area contributed by atoms with Crippen molar-refractivity contribution in [3.8, 4) is 69.0 Å². The lowest BCUT2D eigenvalue weighted by molar-refractivity contribution is -0.0259. The van der Waals surface area contributed by atoms with Crippen molar-refractivity contribution in [3.05, 3.63) is 140 Å². The van der Waals surface area contributed by atoms with Crippen molar-refractivity contribution in [3.63, 3.8) is 0 Å². The summed E-state index contributed by atoms with van der Waals surface area (Å²) in [7, 11) is 4.09. The molecule has 0 radical (unpaired) electrons. The Morgan fingerprint density at radius 3 is 0.864 bits per heavy atom. The Balaban J connectivity index is 0.000000188. The van der Waals surface area contributed by atoms with E-state index >= 15 is 0 Å². The van der Waals surface area contributed by atoms with Gasteiger partial charge in [0.2, 0.25) is 0 Å². The van der Waals surface area contributed by atoms with E-state index in [1.807, 2.05) is 53.7 Å². The standard InChI is InChI=1S/2C20H31NO3.4C19H29NO3/c2*1-20(2,3)11-14-12-21-7-6-13-8-18(23-4)19(24-5)9-15(13)16(21)10-17(14)22;4*1-12(2)7-14-11-20-6-5-13-8-18(22-3)19(23-4)9-15(13)16(20)10-17(14)21/h2*8-9,14,16-17,22H,6-7,10-12H2,1-5H3;4*8-9,12,14,16-17,21H,5-7,10-11H2,1-4H3/i1D3,2D3,5D3,6D2,7D2,10D2,11D2,14D,17D;1D3,2D3,11D2,12D2,16D;4D3,5D2,6D2,10D2,14D,17D;4D3,11D2,16D;2*11D2,16D. The van der Waals surface area contributed by atoms with Crippen LogP contribution >= 0.6 is 0 Å². The minimum absolute atomic E-state index is 0.0147. The zero-order chi connectivity index (χ0) is 148. The predicted molar refractivity (Wildman–Crippen MR) is 556 cm³/mol. The molecule has 0 amide bonds. The number of piperidine rings is 6. The Bertz CT molecular complexity index is 7410. The zero-order valence-electron chi connectivity index (χ0n) is 137. The molecule has 24 nitrogen and oxygen atoms in total. The quantitative estimate of drug-likeness (QED) is 0.0369. The Labute approximate surface area is 914 Å². The molecule has 18 unspecified atom stereocenters. The topological polar surface area (TPSA) is 252 Å². The molecule has 12 aliphatic rings. The minimum Gasteiger partial charge on any atom is -0.493 e. The van der Waals surface area contributed by atoms with E-state index in [0.29, 0.717) is 127 Å². The van der Waals surface area contributed by atoms with E-state index in [9.17, 15) is 32.0 Å². The summed E-state index contributed by atoms with van der Waals surface area (Å²) in [5.74, 6) is -7.41. The number of benzene rings is 6. The molecule has 18 rings (SSSR count). The molecule has 12 aliphatic heterocycles. The van der Waals surface area contributed by atoms with Gasteiger partial charge in [-0.05, 0) is 325 Å². The van der Waals surface area contributed by atoms with Crippen LogP contribution in [0.15, 0.2) is 72.8 Å². The number of methoxy groups -OCH3 is 12. The third kappa shape index (κ3) is 26.3. The molecule has 24 heteroatoms. The maximum absolute atomic E-state index is 11.5. The third-order valence-electron chi connectivity index (χ3n) is 26.2. The number of aryl methyl sites for hydroxylation is 2. The number of nitrogens with zero attached hydrogens (tertiary/aromatic N) is 6. The Morgan fingerprint density at radius 2 is 0.579 bits per heavy atom. The van der Waals surface area contributed by atoms with E-state index in [4.69, 9.17) is 128 Å². The van der Waals surface area contributed by atoms with E-state index in [2.05, 4.69) is 0 Å². The van der Waals surface area contributed by atoms with Crippen molar-refractivity contribution >= 4 is 0 Å². The van der Waals surface area contributed by atoms with Gasteiger partial charge in [-0.2, -0.15) is 0 Å². The summed E-state index contributed by atoms with van der Waals surface area (Å²) in [5.41, 5.74) is -2.65. The van der Waals surface area contributed by atoms with Gasteiger partial charge >= 0.3 is 0 Å². The fourth-order valence-electron chi connectivity index (χ4n) is 19.7. The molecule has 6 aromatic carbocycles. The van der Waals surface area contributed by atoms with E-state index in [-0.39, 0.29) is 101 Å². The Kier molecular flexibility index (Phi) is 20.4. The highest BCUT2D eigenvalue weighted by Gasteiger charge is 2.47. The van der Waals surface area contributed by atoms with Crippen LogP contribution in [0.4, 0.5) is 0 Å². The summed E-state index contributed by atoms with van der Waals surface area (Å²) < 4.78 is 505. The molecule has 140 heavy (non-hydrogen) atoms. The van der Waals surface area contributed by atoms with Crippen molar-refractivity contribution in [2.45, 2.75) is 285 Å². The second-order valence-corrected chi connectivity index (χ2v) is 38.6. The number of hydrogen-bond donors (Lipinski definition) is 6. The van der Waals surface area contributed by atoms with E-state index < -0.39 is 287 Å². The van der Waals surface area contributed by atoms with Crippen molar-refractivity contribution < 1.29 is 160 Å². The van der Waals surface area contributed by atoms with Gasteiger partial charge < -0.3 is 87.5 Å². The summed E-state index contributed by atoms with van der Waals surface area (Å²) in [6.45, 7) is -12.8. The minimum atomic E-state index is -4.04. The van der Waals surface area contributed by atoms with Crippen molar-refractivity contribution in [2.24, 2.45) is 70.0 Å². The summed E-state index contributed by atoms with van der Waals surface area (Å²) in [6.07, 6.45) is -27.9. The highest BCUT2D eigenvalue weighted by molar-refractivity contribution is 5.55. The number of rotatable bonds is 22. The molecule has 6 aromatic rings. The van der Waals surface area contributed by atoms with Crippen LogP contribution in [0.1, 0.15) is 349 Å². The van der Waals surface area contributed by atoms with E-state index in [1.54, 1.807) is 76.4 Å². The van der Waals surface area contributed by atoms with Crippen molar-refractivity contribution in [1.82, 2.24) is 29.4 Å². The lowest BCUT2D eigenvalue weighted by Crippen LogP contribution is -2.48. The Morgan fingerprint density at radius 1 is 0.329 bits per heavy atom. The molecule has 0 aromatic heterocycles. The maximum atomic E-state index is 11.5. The van der Waals surface area contributed by atoms with Gasteiger partial charge in [-0.3, -0.25) is 29.4 Å². The molecular formula is C116H178N6O18. The molecule has 0 aliphatic carbocycles. The first-order chi connectivity index (χ1) is 87.2. The van der Waals surface area contributed by atoms with Gasteiger partial charge in [-0.1, -0.05) is 96.6 Å². The van der Waals surface area contributed by atoms with E-state index in [1.165, 1.54) is 45.5 Å². The summed E-state index contributed by atoms with van der Waals surface area (Å²) in [4.78, 5) is 6.98. The van der Waals surface area contributed by atoms with Crippen molar-refractivity contribution in [1.29, 1.82) is 0 Å². The highest BCUT2D eigenvalue weighted by Crippen LogP contribution is 2.53. The van der Waals surface area contributed by atoms with Crippen LogP contribution in [-0.4, -0.2) is 260 Å². The first-order valence-electron chi connectivity index (χ1n) is 74.0. The average Bonchev–Trinajstić information content (AvgIpc) is 0.651. The summed E-state index contributed by atoms with van der Waals surface area (Å²) in [6, 6.07) is 7.44. The average molecular weight is 2000 g/mol. The normalized spacial score (nSPS) is 41.6. The number of hydrogen-bond acceptors (Lipinski definition) is 24. The number of aliphatic hydroxyl groups excluding tert-OH is 4. The van der Waals surface area contributed by atoms with Gasteiger partial charge in [0, 0.05) is 166 Å². The molecule has 6 N–H and O–H groups in total. The lowest BCUT2D eigenvalue weighted by atomic mass is 9.75. The van der Waals surface area contributed by atoms with Gasteiger partial charge in [0.25, 0.3) is 0 Å². The SMILES string of the molecule is [2H]C([2H])([2H])Oc1cc2c(cc1OC)C([2H])([2H])C([2H])([2H])N1CC([2H])(C([2H])([2H])C(C)(C([2H])([2H])[2H])C([2H])([2H])[2H])C([2H])(O)C([2H])([2H])C21.[2H]C([2H])([2H])Oc1cc2c(cc1OC)C([2H])([2H])C([2H])([2H])N1CC([2H])(CC(C)C)C([2H])(O)C([2H])([2H])C21.[2H]C([2H])([2H])Oc1cc2c(cc1OC)CCN1C2([2H])CC(O)C(CC(C)C)C1([2H])[2H].[2H]C12CC(O)C(C([2H])([2H])C(C)(C([2H])([2H])[2H])C([2H])([2H])[2H])C([2H])([2H])N1CCc1cc(OC)c(OC)cc12.[2H]C12CC(O)C(CC(C)C)C([2H])([2H])N1CCc1cc(OC)c(OC)cc12.[2H]C12CC(O)C(CC(C)C)C([2H])([2H])N1CCc1cc(OC)c(OC)cc12. The van der Waals surface area contributed by atoms with Gasteiger partial charge in [-0.15, -0.1) is 0 Å². The molecule has 18 atom stereocenters. The molecular weight excluding hydrogens is 1770 g/mol. The molecule has 780 valence electrons. The smallest absolute Gasteiger partial charge is 0.161 e. The fourth-order valence-corrected chi connectivity index (χ4v) is 19.7. The van der Waals surface area contributed by atoms with Gasteiger partial charge in [0.1, 0.15) is 0 Å². The van der Waals surface area contributed by atoms with Crippen LogP contribution in [0.25, 0.3) is 0 Å². The zero-order valence-corrected chi connectivity index (χ0v) is 83.5. The van der Waals surface area contributed by atoms with Gasteiger partial charge in [0.05, 0.1) is 142 Å². The predicted octanol–water partition coefficient (Wildman–Crippen LogP) is 19.0. The maximum Gasteiger partial charge on any atom is 0.161 e. The van der Waals surface area contributed by atoms with Crippen LogP contribution in [0.2, 0.25) is 0 Å². The fraction of sp³-hybridized carbons (Fsp3) is 0.690. The van der Waals surface area contributed by atoms with Crippen LogP contribution in [0.5, 0.6) is 69.0 Å². The second-order valence-electron chi connectivity index (χ2n) is 38.6. The van der Waals surface area contributed by atoms with Gasteiger partial charge in [-0.25, -0.2) is 0 Å². The van der Waals surface area contributed by atoms with Crippen molar-refractivity contribution in [2.75, 3.05) is 163 Å². The molecule has 6 fully saturated rings. The second kappa shape index (κ2) is 48.6. The van der Waals surface area contributed by atoms with E-state index in [0.717, 1.165) is 64.8 Å². The highest BCUT2D eigenvalue weighted by atomic mass is 16.5. The third-order valence-corrected chi connectivity index (χ3v) is 26.2. The van der Waals surface area contributed by atoms with Crippen LogP contribution in [0.3, 0.4) is 0 Å². The summed E-state index contributed by atoms with van der Waals surface area (Å²) >= 11 is 0. The first kappa shape index (κ1) is 58.7. The molecule has 6 saturated heterocycles. The molecule has 0 saturated carbocycles. The molecule has 0 bridgehead atoms.